The van der Waals surface area contributed by atoms with Crippen molar-refractivity contribution >= 4 is 12.6 Å². The lowest BCUT2D eigenvalue weighted by molar-refractivity contribution is 0.719. The van der Waals surface area contributed by atoms with E-state index in [0.717, 1.165) is 0 Å². The minimum atomic E-state index is 0.378. The fraction of sp³-hybridized carbons (Fsp3) is 1.00. The van der Waals surface area contributed by atoms with E-state index in [1.54, 1.807) is 0 Å². The standard InChI is InChI=1S/C5H11NS/c6-4-2-1-3-5(4)7/h4-5,7H,1-3,6H2. The van der Waals surface area contributed by atoms with Gasteiger partial charge in [-0.15, -0.1) is 0 Å². The summed E-state index contributed by atoms with van der Waals surface area (Å²) in [5.41, 5.74) is 5.60. The molecule has 0 heterocycles. The van der Waals surface area contributed by atoms with E-state index in [-0.39, 0.29) is 0 Å². The average Bonchev–Trinajstić information content (AvgIpc) is 1.91. The van der Waals surface area contributed by atoms with Crippen molar-refractivity contribution in [2.24, 2.45) is 5.73 Å². The summed E-state index contributed by atoms with van der Waals surface area (Å²) in [5.74, 6) is 0. The van der Waals surface area contributed by atoms with Crippen LogP contribution in [0.5, 0.6) is 0 Å². The summed E-state index contributed by atoms with van der Waals surface area (Å²) >= 11 is 4.26. The molecule has 7 heavy (non-hydrogen) atoms. The fourth-order valence-corrected chi connectivity index (χ4v) is 1.30. The third-order valence-electron chi connectivity index (χ3n) is 1.53. The van der Waals surface area contributed by atoms with Crippen LogP contribution < -0.4 is 5.73 Å². The molecule has 0 radical (unpaired) electrons. The third-order valence-corrected chi connectivity index (χ3v) is 2.17. The van der Waals surface area contributed by atoms with Crippen LogP contribution in [0, 0.1) is 0 Å². The van der Waals surface area contributed by atoms with Gasteiger partial charge in [0.2, 0.25) is 0 Å². The van der Waals surface area contributed by atoms with Crippen molar-refractivity contribution < 1.29 is 0 Å². The molecule has 1 rings (SSSR count). The van der Waals surface area contributed by atoms with Gasteiger partial charge in [0.25, 0.3) is 0 Å². The number of thiol groups is 1. The van der Waals surface area contributed by atoms with Gasteiger partial charge in [-0.3, -0.25) is 0 Å². The van der Waals surface area contributed by atoms with Crippen molar-refractivity contribution in [2.45, 2.75) is 30.6 Å². The summed E-state index contributed by atoms with van der Waals surface area (Å²) in [6, 6.07) is 0.378. The maximum atomic E-state index is 5.60. The van der Waals surface area contributed by atoms with Crippen molar-refractivity contribution in [3.63, 3.8) is 0 Å². The topological polar surface area (TPSA) is 26.0 Å². The Kier molecular flexibility index (Phi) is 1.60. The van der Waals surface area contributed by atoms with E-state index in [2.05, 4.69) is 12.6 Å². The van der Waals surface area contributed by atoms with Crippen LogP contribution in [0.15, 0.2) is 0 Å². The van der Waals surface area contributed by atoms with E-state index in [1.165, 1.54) is 19.3 Å². The third kappa shape index (κ3) is 1.10. The summed E-state index contributed by atoms with van der Waals surface area (Å²) < 4.78 is 0. The molecule has 0 saturated heterocycles. The molecule has 1 saturated carbocycles. The molecule has 0 amide bonds. The Morgan fingerprint density at radius 1 is 1.43 bits per heavy atom. The molecule has 1 aliphatic rings. The molecule has 2 unspecified atom stereocenters. The molecule has 2 N–H and O–H groups in total. The molecular formula is C5H11NS. The van der Waals surface area contributed by atoms with Crippen LogP contribution in [0.4, 0.5) is 0 Å². The Labute approximate surface area is 49.7 Å². The highest BCUT2D eigenvalue weighted by Crippen LogP contribution is 2.21. The normalized spacial score (nSPS) is 42.0. The van der Waals surface area contributed by atoms with Crippen molar-refractivity contribution in [3.05, 3.63) is 0 Å². The smallest absolute Gasteiger partial charge is 0.0168 e. The molecule has 0 aromatic heterocycles. The first-order valence-electron chi connectivity index (χ1n) is 2.74. The Morgan fingerprint density at radius 2 is 2.14 bits per heavy atom. The van der Waals surface area contributed by atoms with Crippen LogP contribution in [0.25, 0.3) is 0 Å². The highest BCUT2D eigenvalue weighted by Gasteiger charge is 2.19. The quantitative estimate of drug-likeness (QED) is 0.451. The summed E-state index contributed by atoms with van der Waals surface area (Å²) in [4.78, 5) is 0. The molecule has 2 atom stereocenters. The lowest BCUT2D eigenvalue weighted by atomic mass is 10.3. The van der Waals surface area contributed by atoms with E-state index in [9.17, 15) is 0 Å². The first kappa shape index (κ1) is 5.45. The van der Waals surface area contributed by atoms with Crippen molar-refractivity contribution in [3.8, 4) is 0 Å². The molecule has 42 valence electrons. The van der Waals surface area contributed by atoms with Gasteiger partial charge in [0, 0.05) is 11.3 Å². The first-order chi connectivity index (χ1) is 3.30. The van der Waals surface area contributed by atoms with Crippen LogP contribution >= 0.6 is 12.6 Å². The maximum absolute atomic E-state index is 5.60. The zero-order chi connectivity index (χ0) is 5.28. The van der Waals surface area contributed by atoms with Gasteiger partial charge in [-0.05, 0) is 12.8 Å². The summed E-state index contributed by atoms with van der Waals surface area (Å²) in [5, 5.41) is 0.486. The molecule has 0 aliphatic heterocycles. The van der Waals surface area contributed by atoms with E-state index < -0.39 is 0 Å². The van der Waals surface area contributed by atoms with Gasteiger partial charge in [-0.2, -0.15) is 12.6 Å². The Hall–Kier alpha value is 0.310. The average molecular weight is 117 g/mol. The minimum absolute atomic E-state index is 0.378. The van der Waals surface area contributed by atoms with Gasteiger partial charge < -0.3 is 5.73 Å². The van der Waals surface area contributed by atoms with E-state index in [4.69, 9.17) is 5.73 Å². The molecule has 0 spiro atoms. The maximum Gasteiger partial charge on any atom is 0.0168 e. The van der Waals surface area contributed by atoms with Gasteiger partial charge in [-0.1, -0.05) is 6.42 Å². The molecule has 0 aromatic rings. The molecule has 1 nitrogen and oxygen atoms in total. The molecule has 1 aliphatic carbocycles. The number of hydrogen-bond acceptors (Lipinski definition) is 2. The lowest BCUT2D eigenvalue weighted by Gasteiger charge is -2.04. The minimum Gasteiger partial charge on any atom is -0.327 e. The zero-order valence-corrected chi connectivity index (χ0v) is 5.20. The van der Waals surface area contributed by atoms with E-state index in [1.807, 2.05) is 0 Å². The number of nitrogens with two attached hydrogens (primary N) is 1. The second-order valence-electron chi connectivity index (χ2n) is 2.16. The van der Waals surface area contributed by atoms with Crippen LogP contribution in [0.1, 0.15) is 19.3 Å². The summed E-state index contributed by atoms with van der Waals surface area (Å²) in [7, 11) is 0. The van der Waals surface area contributed by atoms with Crippen LogP contribution in [0.3, 0.4) is 0 Å². The highest BCUT2D eigenvalue weighted by atomic mass is 32.1. The van der Waals surface area contributed by atoms with E-state index in [0.29, 0.717) is 11.3 Å². The molecule has 2 heteroatoms. The Morgan fingerprint density at radius 3 is 2.29 bits per heavy atom. The molecule has 1 fully saturated rings. The van der Waals surface area contributed by atoms with Crippen LogP contribution in [-0.4, -0.2) is 11.3 Å². The van der Waals surface area contributed by atoms with Crippen LogP contribution in [0.2, 0.25) is 0 Å². The van der Waals surface area contributed by atoms with Gasteiger partial charge >= 0.3 is 0 Å². The second-order valence-corrected chi connectivity index (χ2v) is 2.83. The number of rotatable bonds is 0. The monoisotopic (exact) mass is 117 g/mol. The largest absolute Gasteiger partial charge is 0.327 e. The number of hydrogen-bond donors (Lipinski definition) is 2. The SMILES string of the molecule is NC1CCCC1S. The Bertz CT molecular complexity index is 57.1. The fourth-order valence-electron chi connectivity index (χ4n) is 0.969. The van der Waals surface area contributed by atoms with Crippen molar-refractivity contribution in [1.29, 1.82) is 0 Å². The second kappa shape index (κ2) is 2.05. The molecular weight excluding hydrogens is 106 g/mol. The predicted octanol–water partition coefficient (Wildman–Crippen LogP) is 0.796. The van der Waals surface area contributed by atoms with Gasteiger partial charge in [0.15, 0.2) is 0 Å². The molecule has 0 aromatic carbocycles. The van der Waals surface area contributed by atoms with Crippen LogP contribution in [-0.2, 0) is 0 Å². The predicted molar refractivity (Wildman–Crippen MR) is 34.6 cm³/mol. The summed E-state index contributed by atoms with van der Waals surface area (Å²) in [6.45, 7) is 0. The highest BCUT2D eigenvalue weighted by molar-refractivity contribution is 7.81. The zero-order valence-electron chi connectivity index (χ0n) is 4.30. The lowest BCUT2D eigenvalue weighted by Crippen LogP contribution is -2.24. The van der Waals surface area contributed by atoms with Gasteiger partial charge in [0.1, 0.15) is 0 Å². The Balaban J connectivity index is 2.33. The summed E-state index contributed by atoms with van der Waals surface area (Å²) in [6.07, 6.45) is 3.66. The van der Waals surface area contributed by atoms with E-state index >= 15 is 0 Å². The van der Waals surface area contributed by atoms with Gasteiger partial charge in [-0.25, -0.2) is 0 Å². The van der Waals surface area contributed by atoms with Gasteiger partial charge in [0.05, 0.1) is 0 Å². The first-order valence-corrected chi connectivity index (χ1v) is 3.26. The van der Waals surface area contributed by atoms with Crippen molar-refractivity contribution in [1.82, 2.24) is 0 Å². The van der Waals surface area contributed by atoms with Crippen molar-refractivity contribution in [2.75, 3.05) is 0 Å². The molecule has 0 bridgehead atoms.